The van der Waals surface area contributed by atoms with Gasteiger partial charge in [-0.25, -0.2) is 4.98 Å². The van der Waals surface area contributed by atoms with Crippen LogP contribution in [0.4, 0.5) is 17.1 Å². The van der Waals surface area contributed by atoms with Gasteiger partial charge in [-0.3, -0.25) is 0 Å². The molecule has 0 saturated carbocycles. The molecular formula is C61H40N2O2. The molecule has 10 aromatic carbocycles. The fraction of sp³-hybridized carbons (Fsp3) is 0. The number of anilines is 3. The Hall–Kier alpha value is -8.73. The molecule has 4 heteroatoms. The highest BCUT2D eigenvalue weighted by Crippen LogP contribution is 2.41. The van der Waals surface area contributed by atoms with Gasteiger partial charge in [-0.05, 0) is 128 Å². The van der Waals surface area contributed by atoms with Crippen LogP contribution in [0.25, 0.3) is 100 Å². The van der Waals surface area contributed by atoms with E-state index in [1.165, 1.54) is 27.8 Å². The lowest BCUT2D eigenvalue weighted by atomic mass is 9.99. The van der Waals surface area contributed by atoms with Crippen LogP contribution in [0.1, 0.15) is 0 Å². The van der Waals surface area contributed by atoms with Gasteiger partial charge in [-0.15, -0.1) is 0 Å². The Balaban J connectivity index is 0.887. The summed E-state index contributed by atoms with van der Waals surface area (Å²) in [5, 5.41) is 1.94. The smallest absolute Gasteiger partial charge is 0.227 e. The fourth-order valence-electron chi connectivity index (χ4n) is 8.98. The van der Waals surface area contributed by atoms with Crippen molar-refractivity contribution < 1.29 is 8.83 Å². The van der Waals surface area contributed by atoms with Crippen molar-refractivity contribution in [3.8, 4) is 67.1 Å². The van der Waals surface area contributed by atoms with Crippen LogP contribution in [0.3, 0.4) is 0 Å². The number of furan rings is 1. The Morgan fingerprint density at radius 2 is 0.723 bits per heavy atom. The van der Waals surface area contributed by atoms with Gasteiger partial charge in [0.25, 0.3) is 0 Å². The van der Waals surface area contributed by atoms with Crippen molar-refractivity contribution in [2.45, 2.75) is 0 Å². The minimum absolute atomic E-state index is 0.599. The van der Waals surface area contributed by atoms with Crippen LogP contribution in [0.2, 0.25) is 0 Å². The monoisotopic (exact) mass is 832 g/mol. The van der Waals surface area contributed by atoms with Gasteiger partial charge in [-0.2, -0.15) is 0 Å². The Morgan fingerprint density at radius 3 is 1.26 bits per heavy atom. The SMILES string of the molecule is c1ccc(-c2ccc(-c3ccc(N(c4ccc(-c5ccc6c(c5)oc5ccc7nc(-c8ccccc8)oc7c56)cc4)c4cccc(-c5ccc(-c6ccccc6)cc5)c4)cc3)cc2)cc1. The van der Waals surface area contributed by atoms with E-state index in [1.54, 1.807) is 0 Å². The summed E-state index contributed by atoms with van der Waals surface area (Å²) >= 11 is 0. The quantitative estimate of drug-likeness (QED) is 0.145. The van der Waals surface area contributed by atoms with Crippen LogP contribution < -0.4 is 4.90 Å². The van der Waals surface area contributed by atoms with Crippen molar-refractivity contribution in [2.75, 3.05) is 4.90 Å². The maximum atomic E-state index is 6.46. The number of benzene rings is 10. The van der Waals surface area contributed by atoms with E-state index in [0.29, 0.717) is 5.89 Å². The molecule has 0 fully saturated rings. The zero-order valence-corrected chi connectivity index (χ0v) is 35.3. The molecule has 0 unspecified atom stereocenters. The summed E-state index contributed by atoms with van der Waals surface area (Å²) < 4.78 is 12.8. The van der Waals surface area contributed by atoms with Crippen molar-refractivity contribution in [3.05, 3.63) is 243 Å². The lowest BCUT2D eigenvalue weighted by Gasteiger charge is -2.26. The van der Waals surface area contributed by atoms with Crippen molar-refractivity contribution in [1.82, 2.24) is 4.98 Å². The number of fused-ring (bicyclic) bond motifs is 5. The molecule has 0 radical (unpaired) electrons. The van der Waals surface area contributed by atoms with Crippen molar-refractivity contribution >= 4 is 50.1 Å². The van der Waals surface area contributed by atoms with Gasteiger partial charge in [0.05, 0.1) is 5.39 Å². The van der Waals surface area contributed by atoms with Gasteiger partial charge in [-0.1, -0.05) is 170 Å². The standard InChI is InChI=1S/C61H40N2O2/c1-4-11-41(12-5-1)43-19-21-45(22-20-43)46-27-32-52(33-28-46)63(54-18-10-17-50(39-54)47-25-23-44(24-26-47)42-13-6-2-7-14-42)53-34-29-48(30-35-53)51-31-36-55-58(40-51)64-57-38-37-56-60(59(55)57)65-61(62-56)49-15-8-3-9-16-49/h1-40H. The maximum Gasteiger partial charge on any atom is 0.227 e. The normalized spacial score (nSPS) is 11.4. The van der Waals surface area contributed by atoms with Crippen molar-refractivity contribution in [2.24, 2.45) is 0 Å². The average molecular weight is 833 g/mol. The highest BCUT2D eigenvalue weighted by molar-refractivity contribution is 6.16. The summed E-state index contributed by atoms with van der Waals surface area (Å²) in [6, 6.07) is 85.6. The van der Waals surface area contributed by atoms with Crippen LogP contribution in [0.5, 0.6) is 0 Å². The van der Waals surface area contributed by atoms with E-state index in [0.717, 1.165) is 83.5 Å². The number of aromatic nitrogens is 1. The molecular weight excluding hydrogens is 793 g/mol. The second kappa shape index (κ2) is 16.2. The molecule has 0 bridgehead atoms. The third kappa shape index (κ3) is 7.23. The molecule has 12 rings (SSSR count). The van der Waals surface area contributed by atoms with Crippen LogP contribution >= 0.6 is 0 Å². The lowest BCUT2D eigenvalue weighted by molar-refractivity contribution is 0.622. The lowest BCUT2D eigenvalue weighted by Crippen LogP contribution is -2.10. The maximum absolute atomic E-state index is 6.46. The second-order valence-corrected chi connectivity index (χ2v) is 16.4. The Bertz CT molecular complexity index is 3600. The molecule has 12 aromatic rings. The van der Waals surface area contributed by atoms with E-state index in [1.807, 2.05) is 42.5 Å². The van der Waals surface area contributed by atoms with E-state index >= 15 is 0 Å². The zero-order valence-electron chi connectivity index (χ0n) is 35.3. The largest absolute Gasteiger partial charge is 0.456 e. The molecule has 65 heavy (non-hydrogen) atoms. The van der Waals surface area contributed by atoms with E-state index < -0.39 is 0 Å². The van der Waals surface area contributed by atoms with Crippen LogP contribution in [0.15, 0.2) is 251 Å². The minimum Gasteiger partial charge on any atom is -0.456 e. The molecule has 0 aliphatic rings. The number of rotatable bonds is 9. The first kappa shape index (κ1) is 38.0. The Morgan fingerprint density at radius 1 is 0.292 bits per heavy atom. The van der Waals surface area contributed by atoms with E-state index in [2.05, 4.69) is 205 Å². The van der Waals surface area contributed by atoms with Gasteiger partial charge < -0.3 is 13.7 Å². The summed E-state index contributed by atoms with van der Waals surface area (Å²) in [6.07, 6.45) is 0. The topological polar surface area (TPSA) is 42.4 Å². The first-order valence-corrected chi connectivity index (χ1v) is 21.9. The van der Waals surface area contributed by atoms with E-state index in [-0.39, 0.29) is 0 Å². The summed E-state index contributed by atoms with van der Waals surface area (Å²) in [5.41, 5.74) is 18.9. The first-order chi connectivity index (χ1) is 32.2. The second-order valence-electron chi connectivity index (χ2n) is 16.4. The minimum atomic E-state index is 0.599. The van der Waals surface area contributed by atoms with Gasteiger partial charge >= 0.3 is 0 Å². The Kier molecular flexibility index (Phi) is 9.46. The molecule has 0 amide bonds. The fourth-order valence-corrected chi connectivity index (χ4v) is 8.98. The average Bonchev–Trinajstić information content (AvgIpc) is 4.00. The predicted molar refractivity (Wildman–Crippen MR) is 269 cm³/mol. The van der Waals surface area contributed by atoms with E-state index in [9.17, 15) is 0 Å². The molecule has 0 N–H and O–H groups in total. The summed E-state index contributed by atoms with van der Waals surface area (Å²) in [4.78, 5) is 7.14. The zero-order chi connectivity index (χ0) is 43.1. The molecule has 0 atom stereocenters. The molecule has 0 saturated heterocycles. The number of nitrogens with zero attached hydrogens (tertiary/aromatic N) is 2. The summed E-state index contributed by atoms with van der Waals surface area (Å²) in [6.45, 7) is 0. The number of oxazole rings is 1. The third-order valence-electron chi connectivity index (χ3n) is 12.4. The molecule has 2 heterocycles. The van der Waals surface area contributed by atoms with Crippen LogP contribution in [-0.4, -0.2) is 4.98 Å². The molecule has 2 aromatic heterocycles. The highest BCUT2D eigenvalue weighted by atomic mass is 16.4. The number of hydrogen-bond donors (Lipinski definition) is 0. The third-order valence-corrected chi connectivity index (χ3v) is 12.4. The van der Waals surface area contributed by atoms with Crippen molar-refractivity contribution in [1.29, 1.82) is 0 Å². The summed E-state index contributed by atoms with van der Waals surface area (Å²) in [7, 11) is 0. The molecule has 4 nitrogen and oxygen atoms in total. The predicted octanol–water partition coefficient (Wildman–Crippen LogP) is 17.2. The molecule has 0 aliphatic carbocycles. The first-order valence-electron chi connectivity index (χ1n) is 21.9. The van der Waals surface area contributed by atoms with Gasteiger partial charge in [0, 0.05) is 28.0 Å². The van der Waals surface area contributed by atoms with Crippen LogP contribution in [0, 0.1) is 0 Å². The molecule has 0 spiro atoms. The van der Waals surface area contributed by atoms with Crippen LogP contribution in [-0.2, 0) is 0 Å². The molecule has 0 aliphatic heterocycles. The van der Waals surface area contributed by atoms with Gasteiger partial charge in [0.1, 0.15) is 16.7 Å². The Labute approximate surface area is 377 Å². The number of hydrogen-bond acceptors (Lipinski definition) is 4. The van der Waals surface area contributed by atoms with Crippen molar-refractivity contribution in [3.63, 3.8) is 0 Å². The van der Waals surface area contributed by atoms with E-state index in [4.69, 9.17) is 13.8 Å². The molecule has 306 valence electrons. The highest BCUT2D eigenvalue weighted by Gasteiger charge is 2.19. The van der Waals surface area contributed by atoms with Gasteiger partial charge in [0.2, 0.25) is 5.89 Å². The van der Waals surface area contributed by atoms with Gasteiger partial charge in [0.15, 0.2) is 5.58 Å². The summed E-state index contributed by atoms with van der Waals surface area (Å²) in [5.74, 6) is 0.599.